The fourth-order valence-electron chi connectivity index (χ4n) is 0.554. The standard InChI is InChI=1S/C7H12O3/c1-7(2,3)4-5(8)6(9)10/h4H2,1-3H3,(H,9,10)/p-1. The van der Waals surface area contributed by atoms with Crippen molar-refractivity contribution in [2.75, 3.05) is 0 Å². The predicted octanol–water partition coefficient (Wildman–Crippen LogP) is -0.258. The Morgan fingerprint density at radius 3 is 1.80 bits per heavy atom. The van der Waals surface area contributed by atoms with Gasteiger partial charge in [0.1, 0.15) is 5.97 Å². The van der Waals surface area contributed by atoms with Crippen LogP contribution in [0.2, 0.25) is 0 Å². The first kappa shape index (κ1) is 9.14. The molecule has 0 aliphatic rings. The van der Waals surface area contributed by atoms with E-state index in [1.165, 1.54) is 0 Å². The summed E-state index contributed by atoms with van der Waals surface area (Å²) in [6, 6.07) is 0. The van der Waals surface area contributed by atoms with Crippen molar-refractivity contribution in [2.24, 2.45) is 5.41 Å². The Kier molecular flexibility index (Phi) is 2.57. The molecule has 0 rings (SSSR count). The first-order valence-corrected chi connectivity index (χ1v) is 3.07. The van der Waals surface area contributed by atoms with Gasteiger partial charge in [0.05, 0.1) is 0 Å². The van der Waals surface area contributed by atoms with E-state index in [9.17, 15) is 14.7 Å². The smallest absolute Gasteiger partial charge is 0.178 e. The summed E-state index contributed by atoms with van der Waals surface area (Å²) in [5.41, 5.74) is -0.267. The minimum atomic E-state index is -1.59. The maximum Gasteiger partial charge on any atom is 0.178 e. The van der Waals surface area contributed by atoms with E-state index in [1.54, 1.807) is 20.8 Å². The Bertz CT molecular complexity index is 153. The van der Waals surface area contributed by atoms with Gasteiger partial charge in [-0.25, -0.2) is 0 Å². The first-order valence-electron chi connectivity index (χ1n) is 3.07. The molecule has 0 fully saturated rings. The molecule has 3 heteroatoms. The van der Waals surface area contributed by atoms with Crippen LogP contribution in [-0.4, -0.2) is 11.8 Å². The van der Waals surface area contributed by atoms with Gasteiger partial charge in [0.25, 0.3) is 0 Å². The lowest BCUT2D eigenvalue weighted by Gasteiger charge is -2.16. The third kappa shape index (κ3) is 4.06. The molecule has 0 aliphatic carbocycles. The molecule has 0 unspecified atom stereocenters. The van der Waals surface area contributed by atoms with E-state index in [0.717, 1.165) is 0 Å². The summed E-state index contributed by atoms with van der Waals surface area (Å²) >= 11 is 0. The molecule has 0 saturated carbocycles. The van der Waals surface area contributed by atoms with Gasteiger partial charge in [-0.1, -0.05) is 20.8 Å². The van der Waals surface area contributed by atoms with Crippen LogP contribution in [0, 0.1) is 5.41 Å². The maximum absolute atomic E-state index is 10.5. The van der Waals surface area contributed by atoms with Crippen LogP contribution in [0.15, 0.2) is 0 Å². The number of carboxylic acid groups (broad SMARTS) is 1. The van der Waals surface area contributed by atoms with Gasteiger partial charge in [-0.15, -0.1) is 0 Å². The highest BCUT2D eigenvalue weighted by Gasteiger charge is 2.15. The highest BCUT2D eigenvalue weighted by atomic mass is 16.4. The number of ketones is 1. The zero-order valence-corrected chi connectivity index (χ0v) is 6.43. The summed E-state index contributed by atoms with van der Waals surface area (Å²) < 4.78 is 0. The maximum atomic E-state index is 10.5. The van der Waals surface area contributed by atoms with Crippen molar-refractivity contribution < 1.29 is 14.7 Å². The molecule has 0 spiro atoms. The van der Waals surface area contributed by atoms with Crippen molar-refractivity contribution in [3.05, 3.63) is 0 Å². The number of hydrogen-bond donors (Lipinski definition) is 0. The van der Waals surface area contributed by atoms with E-state index >= 15 is 0 Å². The van der Waals surface area contributed by atoms with Crippen molar-refractivity contribution in [2.45, 2.75) is 27.2 Å². The minimum absolute atomic E-state index is 0.0370. The SMILES string of the molecule is CC(C)(C)CC(=O)C(=O)[O-]. The van der Waals surface area contributed by atoms with E-state index in [-0.39, 0.29) is 11.8 Å². The van der Waals surface area contributed by atoms with Crippen LogP contribution in [0.4, 0.5) is 0 Å². The Labute approximate surface area is 60.0 Å². The molecule has 0 atom stereocenters. The van der Waals surface area contributed by atoms with Crippen LogP contribution in [0.25, 0.3) is 0 Å². The number of carbonyl (C=O) groups excluding carboxylic acids is 2. The van der Waals surface area contributed by atoms with Gasteiger partial charge in [0.2, 0.25) is 0 Å². The number of Topliss-reactive ketones (excluding diaryl/α,β-unsaturated/α-hetero) is 1. The predicted molar refractivity (Wildman–Crippen MR) is 34.1 cm³/mol. The molecular formula is C7H11O3-. The molecule has 0 radical (unpaired) electrons. The fourth-order valence-corrected chi connectivity index (χ4v) is 0.554. The van der Waals surface area contributed by atoms with Crippen molar-refractivity contribution in [1.82, 2.24) is 0 Å². The number of hydrogen-bond acceptors (Lipinski definition) is 3. The number of carboxylic acids is 1. The monoisotopic (exact) mass is 143 g/mol. The van der Waals surface area contributed by atoms with Gasteiger partial charge < -0.3 is 9.90 Å². The van der Waals surface area contributed by atoms with Crippen molar-refractivity contribution in [3.63, 3.8) is 0 Å². The number of carbonyl (C=O) groups is 2. The molecule has 3 nitrogen and oxygen atoms in total. The van der Waals surface area contributed by atoms with Crippen molar-refractivity contribution >= 4 is 11.8 Å². The van der Waals surface area contributed by atoms with Gasteiger partial charge in [-0.3, -0.25) is 4.79 Å². The Morgan fingerprint density at radius 2 is 1.70 bits per heavy atom. The zero-order chi connectivity index (χ0) is 8.36. The largest absolute Gasteiger partial charge is 0.542 e. The highest BCUT2D eigenvalue weighted by molar-refractivity contribution is 6.31. The molecule has 0 aliphatic heterocycles. The van der Waals surface area contributed by atoms with Crippen molar-refractivity contribution in [3.8, 4) is 0 Å². The molecule has 0 aromatic carbocycles. The van der Waals surface area contributed by atoms with Crippen LogP contribution in [0.3, 0.4) is 0 Å². The summed E-state index contributed by atoms with van der Waals surface area (Å²) in [6.07, 6.45) is 0.0370. The summed E-state index contributed by atoms with van der Waals surface area (Å²) in [5, 5.41) is 9.92. The molecule has 0 bridgehead atoms. The van der Waals surface area contributed by atoms with E-state index in [1.807, 2.05) is 0 Å². The second-order valence-corrected chi connectivity index (χ2v) is 3.45. The second kappa shape index (κ2) is 2.82. The van der Waals surface area contributed by atoms with Gasteiger partial charge in [-0.2, -0.15) is 0 Å². The minimum Gasteiger partial charge on any atom is -0.542 e. The highest BCUT2D eigenvalue weighted by Crippen LogP contribution is 2.17. The van der Waals surface area contributed by atoms with Crippen LogP contribution in [0.1, 0.15) is 27.2 Å². The topological polar surface area (TPSA) is 57.2 Å². The quantitative estimate of drug-likeness (QED) is 0.500. The fraction of sp³-hybridized carbons (Fsp3) is 0.714. The molecule has 0 heterocycles. The average molecular weight is 143 g/mol. The summed E-state index contributed by atoms with van der Waals surface area (Å²) in [5.74, 6) is -2.41. The van der Waals surface area contributed by atoms with Gasteiger partial charge >= 0.3 is 0 Å². The van der Waals surface area contributed by atoms with E-state index in [4.69, 9.17) is 0 Å². The van der Waals surface area contributed by atoms with Crippen LogP contribution >= 0.6 is 0 Å². The van der Waals surface area contributed by atoms with Gasteiger partial charge in [-0.05, 0) is 5.41 Å². The lowest BCUT2D eigenvalue weighted by atomic mass is 9.90. The molecule has 0 saturated heterocycles. The summed E-state index contributed by atoms with van der Waals surface area (Å²) in [6.45, 7) is 5.40. The van der Waals surface area contributed by atoms with E-state index in [2.05, 4.69) is 0 Å². The number of rotatable bonds is 2. The Hall–Kier alpha value is -0.860. The molecule has 10 heavy (non-hydrogen) atoms. The third-order valence-electron chi connectivity index (χ3n) is 0.919. The van der Waals surface area contributed by atoms with Crippen LogP contribution in [-0.2, 0) is 9.59 Å². The summed E-state index contributed by atoms with van der Waals surface area (Å²) in [4.78, 5) is 20.4. The van der Waals surface area contributed by atoms with Crippen molar-refractivity contribution in [1.29, 1.82) is 0 Å². The molecular weight excluding hydrogens is 132 g/mol. The lowest BCUT2D eigenvalue weighted by molar-refractivity contribution is -0.300. The van der Waals surface area contributed by atoms with Crippen LogP contribution < -0.4 is 5.11 Å². The molecule has 58 valence electrons. The Balaban J connectivity index is 3.93. The molecule has 0 amide bonds. The molecule has 0 N–H and O–H groups in total. The lowest BCUT2D eigenvalue weighted by Crippen LogP contribution is -2.33. The summed E-state index contributed by atoms with van der Waals surface area (Å²) in [7, 11) is 0. The van der Waals surface area contributed by atoms with E-state index < -0.39 is 11.8 Å². The first-order chi connectivity index (χ1) is 4.33. The molecule has 0 aromatic rings. The van der Waals surface area contributed by atoms with Gasteiger partial charge in [0.15, 0.2) is 5.78 Å². The second-order valence-electron chi connectivity index (χ2n) is 3.45. The van der Waals surface area contributed by atoms with E-state index in [0.29, 0.717) is 0 Å². The Morgan fingerprint density at radius 1 is 1.30 bits per heavy atom. The normalized spacial score (nSPS) is 11.1. The third-order valence-corrected chi connectivity index (χ3v) is 0.919. The van der Waals surface area contributed by atoms with Crippen LogP contribution in [0.5, 0.6) is 0 Å². The average Bonchev–Trinajstić information content (AvgIpc) is 1.60. The zero-order valence-electron chi connectivity index (χ0n) is 6.43. The molecule has 0 aromatic heterocycles. The number of aliphatic carboxylic acids is 1. The van der Waals surface area contributed by atoms with Gasteiger partial charge in [0, 0.05) is 6.42 Å².